The second kappa shape index (κ2) is 8.54. The third-order valence-electron chi connectivity index (χ3n) is 5.24. The van der Waals surface area contributed by atoms with Crippen LogP contribution in [0.3, 0.4) is 0 Å². The number of carbonyl (C=O) groups excluding carboxylic acids is 2. The fourth-order valence-corrected chi connectivity index (χ4v) is 3.74. The summed E-state index contributed by atoms with van der Waals surface area (Å²) in [4.78, 5) is 25.9. The second-order valence-electron chi connectivity index (χ2n) is 7.14. The number of ketones is 1. The highest BCUT2D eigenvalue weighted by Crippen LogP contribution is 2.28. The predicted molar refractivity (Wildman–Crippen MR) is 98.9 cm³/mol. The molecule has 26 heavy (non-hydrogen) atoms. The molecule has 2 atom stereocenters. The van der Waals surface area contributed by atoms with Gasteiger partial charge in [-0.3, -0.25) is 9.59 Å². The Labute approximate surface area is 154 Å². The van der Waals surface area contributed by atoms with Crippen LogP contribution in [0.25, 0.3) is 0 Å². The van der Waals surface area contributed by atoms with Gasteiger partial charge in [0, 0.05) is 37.2 Å². The summed E-state index contributed by atoms with van der Waals surface area (Å²) >= 11 is 0. The molecule has 3 rings (SSSR count). The molecule has 6 heteroatoms. The quantitative estimate of drug-likeness (QED) is 0.597. The summed E-state index contributed by atoms with van der Waals surface area (Å²) in [5, 5.41) is 3.60. The highest BCUT2D eigenvalue weighted by atomic mass is 16.5. The number of nitrogens with one attached hydrogen (secondary N) is 1. The van der Waals surface area contributed by atoms with Gasteiger partial charge in [-0.2, -0.15) is 0 Å². The maximum absolute atomic E-state index is 12.5. The lowest BCUT2D eigenvalue weighted by molar-refractivity contribution is -0.131. The Morgan fingerprint density at radius 3 is 2.77 bits per heavy atom. The molecule has 2 unspecified atom stereocenters. The lowest BCUT2D eigenvalue weighted by Gasteiger charge is -2.24. The number of hydrogen-bond donors (Lipinski definition) is 1. The fraction of sp³-hybridized carbons (Fsp3) is 0.600. The zero-order valence-corrected chi connectivity index (χ0v) is 15.6. The molecule has 1 aromatic rings. The summed E-state index contributed by atoms with van der Waals surface area (Å²) in [5.41, 5.74) is 0.591. The molecule has 0 saturated carbocycles. The molecule has 2 fully saturated rings. The van der Waals surface area contributed by atoms with Crippen LogP contribution in [0.1, 0.15) is 49.4 Å². The smallest absolute Gasteiger partial charge is 0.222 e. The molecule has 2 bridgehead atoms. The van der Waals surface area contributed by atoms with Crippen molar-refractivity contribution in [2.24, 2.45) is 0 Å². The van der Waals surface area contributed by atoms with Gasteiger partial charge in [-0.1, -0.05) is 0 Å². The first-order valence-electron chi connectivity index (χ1n) is 9.42. The Bertz CT molecular complexity index is 661. The van der Waals surface area contributed by atoms with Crippen LogP contribution < -0.4 is 14.8 Å². The Balaban J connectivity index is 1.45. The largest absolute Gasteiger partial charge is 0.493 e. The van der Waals surface area contributed by atoms with E-state index in [0.717, 1.165) is 19.5 Å². The first kappa shape index (κ1) is 18.7. The monoisotopic (exact) mass is 360 g/mol. The SMILES string of the molecule is COc1cc(C(C)=O)ccc1OCCCC(=O)N1CCC2CCC(C1)N2. The second-order valence-corrected chi connectivity index (χ2v) is 7.14. The molecule has 1 aromatic carbocycles. The van der Waals surface area contributed by atoms with E-state index in [1.54, 1.807) is 25.3 Å². The molecular formula is C20H28N2O4. The van der Waals surface area contributed by atoms with Gasteiger partial charge in [0.25, 0.3) is 0 Å². The molecule has 0 aliphatic carbocycles. The minimum absolute atomic E-state index is 0.0129. The minimum Gasteiger partial charge on any atom is -0.493 e. The number of rotatable bonds is 7. The van der Waals surface area contributed by atoms with Crippen molar-refractivity contribution in [2.45, 2.75) is 51.1 Å². The molecule has 142 valence electrons. The van der Waals surface area contributed by atoms with Gasteiger partial charge >= 0.3 is 0 Å². The van der Waals surface area contributed by atoms with Gasteiger partial charge in [-0.25, -0.2) is 0 Å². The lowest BCUT2D eigenvalue weighted by atomic mass is 10.1. The van der Waals surface area contributed by atoms with Gasteiger partial charge < -0.3 is 19.7 Å². The Kier molecular flexibility index (Phi) is 6.14. The number of hydrogen-bond acceptors (Lipinski definition) is 5. The molecule has 0 aromatic heterocycles. The van der Waals surface area contributed by atoms with Crippen LogP contribution in [-0.4, -0.2) is 55.5 Å². The molecular weight excluding hydrogens is 332 g/mol. The predicted octanol–water partition coefficient (Wildman–Crippen LogP) is 2.41. The standard InChI is InChI=1S/C20H28N2O4/c1-14(23)15-5-8-18(19(12-15)25-2)26-11-3-4-20(24)22-10-9-16-6-7-17(13-22)21-16/h5,8,12,16-17,21H,3-4,6-7,9-11,13H2,1-2H3. The first-order chi connectivity index (χ1) is 12.6. The topological polar surface area (TPSA) is 67.9 Å². The van der Waals surface area contributed by atoms with E-state index < -0.39 is 0 Å². The molecule has 1 N–H and O–H groups in total. The molecule has 2 saturated heterocycles. The molecule has 2 aliphatic rings. The molecule has 0 radical (unpaired) electrons. The van der Waals surface area contributed by atoms with Crippen molar-refractivity contribution >= 4 is 11.7 Å². The van der Waals surface area contributed by atoms with Crippen molar-refractivity contribution in [3.8, 4) is 11.5 Å². The van der Waals surface area contributed by atoms with Crippen LogP contribution >= 0.6 is 0 Å². The molecule has 0 spiro atoms. The average Bonchev–Trinajstić information content (AvgIpc) is 2.97. The number of likely N-dealkylation sites (tertiary alicyclic amines) is 1. The van der Waals surface area contributed by atoms with E-state index in [2.05, 4.69) is 5.32 Å². The Morgan fingerprint density at radius 1 is 1.19 bits per heavy atom. The van der Waals surface area contributed by atoms with Crippen LogP contribution in [0.2, 0.25) is 0 Å². The van der Waals surface area contributed by atoms with Gasteiger partial charge in [0.05, 0.1) is 13.7 Å². The van der Waals surface area contributed by atoms with Crippen LogP contribution in [0.15, 0.2) is 18.2 Å². The molecule has 6 nitrogen and oxygen atoms in total. The number of benzene rings is 1. The number of Topliss-reactive ketones (excluding diaryl/α,β-unsaturated/α-hetero) is 1. The van der Waals surface area contributed by atoms with Crippen LogP contribution in [-0.2, 0) is 4.79 Å². The van der Waals surface area contributed by atoms with E-state index >= 15 is 0 Å². The van der Waals surface area contributed by atoms with Crippen LogP contribution in [0.5, 0.6) is 11.5 Å². The summed E-state index contributed by atoms with van der Waals surface area (Å²) in [6, 6.07) is 6.21. The van der Waals surface area contributed by atoms with Crippen molar-refractivity contribution in [1.82, 2.24) is 10.2 Å². The van der Waals surface area contributed by atoms with E-state index in [1.807, 2.05) is 4.90 Å². The third-order valence-corrected chi connectivity index (χ3v) is 5.24. The fourth-order valence-electron chi connectivity index (χ4n) is 3.74. The molecule has 2 aliphatic heterocycles. The van der Waals surface area contributed by atoms with Gasteiger partial charge in [0.1, 0.15) is 0 Å². The number of fused-ring (bicyclic) bond motifs is 2. The number of carbonyl (C=O) groups is 2. The van der Waals surface area contributed by atoms with Gasteiger partial charge in [-0.15, -0.1) is 0 Å². The normalized spacial score (nSPS) is 22.0. The zero-order valence-electron chi connectivity index (χ0n) is 15.6. The van der Waals surface area contributed by atoms with Crippen molar-refractivity contribution < 1.29 is 19.1 Å². The van der Waals surface area contributed by atoms with E-state index in [9.17, 15) is 9.59 Å². The van der Waals surface area contributed by atoms with E-state index in [1.165, 1.54) is 19.8 Å². The van der Waals surface area contributed by atoms with Crippen molar-refractivity contribution in [3.05, 3.63) is 23.8 Å². The number of methoxy groups -OCH3 is 1. The summed E-state index contributed by atoms with van der Waals surface area (Å²) in [5.74, 6) is 1.34. The van der Waals surface area contributed by atoms with Crippen LogP contribution in [0, 0.1) is 0 Å². The first-order valence-corrected chi connectivity index (χ1v) is 9.42. The Morgan fingerprint density at radius 2 is 2.00 bits per heavy atom. The minimum atomic E-state index is -0.0129. The summed E-state index contributed by atoms with van der Waals surface area (Å²) < 4.78 is 11.0. The highest BCUT2D eigenvalue weighted by Gasteiger charge is 2.30. The van der Waals surface area contributed by atoms with E-state index in [4.69, 9.17) is 9.47 Å². The van der Waals surface area contributed by atoms with E-state index in [0.29, 0.717) is 48.6 Å². The van der Waals surface area contributed by atoms with E-state index in [-0.39, 0.29) is 11.7 Å². The zero-order chi connectivity index (χ0) is 18.5. The summed E-state index contributed by atoms with van der Waals surface area (Å²) in [7, 11) is 1.55. The Hall–Kier alpha value is -2.08. The average molecular weight is 360 g/mol. The highest BCUT2D eigenvalue weighted by molar-refractivity contribution is 5.94. The van der Waals surface area contributed by atoms with Crippen LogP contribution in [0.4, 0.5) is 0 Å². The maximum atomic E-state index is 12.5. The lowest BCUT2D eigenvalue weighted by Crippen LogP contribution is -2.39. The van der Waals surface area contributed by atoms with Gasteiger partial charge in [-0.05, 0) is 50.8 Å². The number of nitrogens with zero attached hydrogens (tertiary/aromatic N) is 1. The van der Waals surface area contributed by atoms with Crippen molar-refractivity contribution in [2.75, 3.05) is 26.8 Å². The maximum Gasteiger partial charge on any atom is 0.222 e. The van der Waals surface area contributed by atoms with Crippen molar-refractivity contribution in [1.29, 1.82) is 0 Å². The van der Waals surface area contributed by atoms with Gasteiger partial charge in [0.2, 0.25) is 5.91 Å². The number of ether oxygens (including phenoxy) is 2. The molecule has 1 amide bonds. The third kappa shape index (κ3) is 4.55. The molecule has 2 heterocycles. The van der Waals surface area contributed by atoms with Crippen molar-refractivity contribution in [3.63, 3.8) is 0 Å². The van der Waals surface area contributed by atoms with Gasteiger partial charge in [0.15, 0.2) is 17.3 Å². The summed E-state index contributed by atoms with van der Waals surface area (Å²) in [6.45, 7) is 3.65. The number of amides is 1. The summed E-state index contributed by atoms with van der Waals surface area (Å²) in [6.07, 6.45) is 4.62.